The third-order valence-corrected chi connectivity index (χ3v) is 8.48. The van der Waals surface area contributed by atoms with Crippen molar-refractivity contribution in [3.05, 3.63) is 52.0 Å². The van der Waals surface area contributed by atoms with Gasteiger partial charge in [0.25, 0.3) is 0 Å². The molecule has 0 radical (unpaired) electrons. The normalized spacial score (nSPS) is 16.0. The highest BCUT2D eigenvalue weighted by Crippen LogP contribution is 2.27. The van der Waals surface area contributed by atoms with Crippen LogP contribution in [0.15, 0.2) is 41.3 Å². The molecule has 0 spiro atoms. The van der Waals surface area contributed by atoms with Crippen molar-refractivity contribution in [2.24, 2.45) is 0 Å². The van der Waals surface area contributed by atoms with E-state index in [9.17, 15) is 13.7 Å². The zero-order valence-corrected chi connectivity index (χ0v) is 17.1. The Bertz CT molecular complexity index is 947. The molecule has 0 aliphatic carbocycles. The maximum absolute atomic E-state index is 13.2. The van der Waals surface area contributed by atoms with E-state index in [1.54, 1.807) is 30.3 Å². The van der Waals surface area contributed by atoms with Crippen molar-refractivity contribution in [1.29, 1.82) is 5.26 Å². The number of nitrogens with zero attached hydrogens (tertiary/aromatic N) is 1. The Hall–Kier alpha value is -1.15. The molecule has 0 amide bonds. The van der Waals surface area contributed by atoms with Gasteiger partial charge in [-0.2, -0.15) is 5.26 Å². The number of hydrogen-bond donors (Lipinski definition) is 1. The summed E-state index contributed by atoms with van der Waals surface area (Å²) in [6.45, 7) is 1.37. The van der Waals surface area contributed by atoms with Gasteiger partial charge in [0.05, 0.1) is 21.8 Å². The Kier molecular flexibility index (Phi) is 6.22. The number of nitrogens with one attached hydrogen (secondary N) is 1. The van der Waals surface area contributed by atoms with Crippen molar-refractivity contribution < 1.29 is 8.42 Å². The Morgan fingerprint density at radius 2 is 1.73 bits per heavy atom. The molecule has 0 bridgehead atoms. The van der Waals surface area contributed by atoms with Crippen LogP contribution in [0.4, 0.5) is 0 Å². The summed E-state index contributed by atoms with van der Waals surface area (Å²) in [5, 5.41) is 14.5. The minimum absolute atomic E-state index is 0.0808. The van der Waals surface area contributed by atoms with Crippen LogP contribution in [0.5, 0.6) is 0 Å². The number of hydrogen-bond acceptors (Lipinski definition) is 4. The SMILES string of the molecule is N#Cc1ccc(Pc2cc(Cl)cc(Cl)c2)c(S(=O)(=O)C2CCNCC2)c1. The van der Waals surface area contributed by atoms with Crippen LogP contribution in [0.2, 0.25) is 10.0 Å². The molecule has 4 nitrogen and oxygen atoms in total. The monoisotopic (exact) mass is 426 g/mol. The molecule has 0 aromatic heterocycles. The average molecular weight is 427 g/mol. The van der Waals surface area contributed by atoms with Crippen LogP contribution in [0.1, 0.15) is 18.4 Å². The summed E-state index contributed by atoms with van der Waals surface area (Å²) in [6, 6.07) is 12.1. The summed E-state index contributed by atoms with van der Waals surface area (Å²) in [5.74, 6) is 0. The molecule has 1 heterocycles. The van der Waals surface area contributed by atoms with Crippen LogP contribution >= 0.6 is 31.8 Å². The second-order valence-electron chi connectivity index (χ2n) is 6.10. The van der Waals surface area contributed by atoms with E-state index in [1.807, 2.05) is 6.07 Å². The summed E-state index contributed by atoms with van der Waals surface area (Å²) in [5.41, 5.74) is 0.343. The van der Waals surface area contributed by atoms with Gasteiger partial charge in [0.15, 0.2) is 9.84 Å². The number of sulfone groups is 1. The molecule has 0 saturated carbocycles. The first-order chi connectivity index (χ1) is 12.4. The number of piperidine rings is 1. The van der Waals surface area contributed by atoms with Gasteiger partial charge >= 0.3 is 0 Å². The van der Waals surface area contributed by atoms with E-state index in [-0.39, 0.29) is 13.5 Å². The van der Waals surface area contributed by atoms with Crippen LogP contribution in [-0.2, 0) is 9.84 Å². The Balaban J connectivity index is 2.04. The summed E-state index contributed by atoms with van der Waals surface area (Å²) in [7, 11) is -3.43. The number of benzene rings is 2. The number of nitriles is 1. The first kappa shape index (κ1) is 19.6. The van der Waals surface area contributed by atoms with E-state index in [0.717, 1.165) is 5.30 Å². The van der Waals surface area contributed by atoms with Gasteiger partial charge < -0.3 is 5.32 Å². The Morgan fingerprint density at radius 3 is 2.35 bits per heavy atom. The summed E-state index contributed by atoms with van der Waals surface area (Å²) in [4.78, 5) is 0.248. The van der Waals surface area contributed by atoms with Crippen molar-refractivity contribution in [2.75, 3.05) is 13.1 Å². The first-order valence-corrected chi connectivity index (χ1v) is 11.4. The highest BCUT2D eigenvalue weighted by Gasteiger charge is 2.31. The van der Waals surface area contributed by atoms with Crippen molar-refractivity contribution in [3.8, 4) is 6.07 Å². The molecule has 136 valence electrons. The van der Waals surface area contributed by atoms with E-state index in [2.05, 4.69) is 5.32 Å². The quantitative estimate of drug-likeness (QED) is 0.762. The lowest BCUT2D eigenvalue weighted by atomic mass is 10.2. The third-order valence-electron chi connectivity index (χ3n) is 4.28. The summed E-state index contributed by atoms with van der Waals surface area (Å²) in [6.07, 6.45) is 1.15. The third kappa shape index (κ3) is 4.39. The number of halogens is 2. The maximum Gasteiger partial charge on any atom is 0.182 e. The lowest BCUT2D eigenvalue weighted by Crippen LogP contribution is -2.37. The molecule has 1 N–H and O–H groups in total. The second-order valence-corrected chi connectivity index (χ2v) is 10.5. The zero-order chi connectivity index (χ0) is 18.7. The van der Waals surface area contributed by atoms with Crippen molar-refractivity contribution in [3.63, 3.8) is 0 Å². The summed E-state index contributed by atoms with van der Waals surface area (Å²) >= 11 is 12.1. The average Bonchev–Trinajstić information content (AvgIpc) is 2.62. The number of rotatable bonds is 4. The first-order valence-electron chi connectivity index (χ1n) is 8.12. The molecule has 26 heavy (non-hydrogen) atoms. The fourth-order valence-electron chi connectivity index (χ4n) is 3.00. The van der Waals surface area contributed by atoms with Crippen LogP contribution in [0, 0.1) is 11.3 Å². The predicted octanol–water partition coefficient (Wildman–Crippen LogP) is 3.02. The molecule has 1 atom stereocenters. The Morgan fingerprint density at radius 1 is 1.08 bits per heavy atom. The van der Waals surface area contributed by atoms with Gasteiger partial charge in [-0.15, -0.1) is 0 Å². The lowest BCUT2D eigenvalue weighted by Gasteiger charge is -2.24. The molecule has 1 saturated heterocycles. The second kappa shape index (κ2) is 8.25. The van der Waals surface area contributed by atoms with E-state index in [0.29, 0.717) is 46.8 Å². The summed E-state index contributed by atoms with van der Waals surface area (Å²) < 4.78 is 26.4. The van der Waals surface area contributed by atoms with E-state index in [4.69, 9.17) is 23.2 Å². The molecular weight excluding hydrogens is 410 g/mol. The smallest absolute Gasteiger partial charge is 0.182 e. The van der Waals surface area contributed by atoms with Crippen molar-refractivity contribution in [2.45, 2.75) is 23.0 Å². The van der Waals surface area contributed by atoms with Gasteiger partial charge in [-0.1, -0.05) is 37.8 Å². The van der Waals surface area contributed by atoms with Gasteiger partial charge in [-0.3, -0.25) is 0 Å². The molecule has 1 aliphatic rings. The lowest BCUT2D eigenvalue weighted by molar-refractivity contribution is 0.496. The van der Waals surface area contributed by atoms with Crippen LogP contribution < -0.4 is 15.9 Å². The van der Waals surface area contributed by atoms with E-state index < -0.39 is 15.1 Å². The maximum atomic E-state index is 13.2. The highest BCUT2D eigenvalue weighted by atomic mass is 35.5. The van der Waals surface area contributed by atoms with Gasteiger partial charge in [0, 0.05) is 10.0 Å². The van der Waals surface area contributed by atoms with E-state index >= 15 is 0 Å². The van der Waals surface area contributed by atoms with Crippen LogP contribution in [0.3, 0.4) is 0 Å². The fraction of sp³-hybridized carbons (Fsp3) is 0.278. The van der Waals surface area contributed by atoms with Crippen molar-refractivity contribution in [1.82, 2.24) is 5.32 Å². The molecule has 3 rings (SSSR count). The molecular formula is C18H17Cl2N2O2PS. The fourth-order valence-corrected chi connectivity index (χ4v) is 7.30. The van der Waals surface area contributed by atoms with Crippen LogP contribution in [0.25, 0.3) is 0 Å². The van der Waals surface area contributed by atoms with Gasteiger partial charge in [-0.25, -0.2) is 8.42 Å². The molecule has 2 aromatic rings. The van der Waals surface area contributed by atoms with Gasteiger partial charge in [-0.05, 0) is 66.9 Å². The molecule has 1 unspecified atom stereocenters. The molecule has 1 aliphatic heterocycles. The van der Waals surface area contributed by atoms with Crippen LogP contribution in [-0.4, -0.2) is 26.8 Å². The van der Waals surface area contributed by atoms with Crippen molar-refractivity contribution >= 4 is 52.2 Å². The topological polar surface area (TPSA) is 70.0 Å². The highest BCUT2D eigenvalue weighted by molar-refractivity contribution is 7.92. The minimum Gasteiger partial charge on any atom is -0.317 e. The van der Waals surface area contributed by atoms with Gasteiger partial charge in [0.2, 0.25) is 0 Å². The largest absolute Gasteiger partial charge is 0.317 e. The predicted molar refractivity (Wildman–Crippen MR) is 108 cm³/mol. The Labute approximate surface area is 165 Å². The van der Waals surface area contributed by atoms with Gasteiger partial charge in [0.1, 0.15) is 0 Å². The molecule has 2 aromatic carbocycles. The molecule has 1 fully saturated rings. The zero-order valence-electron chi connectivity index (χ0n) is 13.8. The van der Waals surface area contributed by atoms with E-state index in [1.165, 1.54) is 6.07 Å². The standard InChI is InChI=1S/C18H17Cl2N2O2PS/c19-13-8-14(20)10-15(9-13)25-17-2-1-12(11-21)7-18(17)26(23,24)16-3-5-22-6-4-16/h1-2,7-10,16,22,25H,3-6H2. The molecule has 8 heteroatoms. The minimum atomic E-state index is -3.52.